The van der Waals surface area contributed by atoms with Crippen LogP contribution in [0.3, 0.4) is 0 Å². The highest BCUT2D eigenvalue weighted by Gasteiger charge is 2.29. The molecule has 100 valence electrons. The first-order valence-electron chi connectivity index (χ1n) is 5.66. The molecule has 0 saturated carbocycles. The molecule has 1 amide bonds. The van der Waals surface area contributed by atoms with Gasteiger partial charge in [0.15, 0.2) is 0 Å². The van der Waals surface area contributed by atoms with E-state index in [9.17, 15) is 9.59 Å². The van der Waals surface area contributed by atoms with Crippen LogP contribution in [0.5, 0.6) is 0 Å². The molecule has 0 spiro atoms. The van der Waals surface area contributed by atoms with E-state index in [1.807, 2.05) is 12.1 Å². The summed E-state index contributed by atoms with van der Waals surface area (Å²) in [5.41, 5.74) is 0.990. The van der Waals surface area contributed by atoms with Gasteiger partial charge in [0.25, 0.3) is 0 Å². The number of carboxylic acids is 1. The van der Waals surface area contributed by atoms with Crippen LogP contribution in [-0.2, 0) is 9.59 Å². The summed E-state index contributed by atoms with van der Waals surface area (Å²) in [7, 11) is 0. The average molecular weight is 298 g/mol. The molecule has 1 saturated heterocycles. The molecule has 0 bridgehead atoms. The summed E-state index contributed by atoms with van der Waals surface area (Å²) >= 11 is 7.49. The molecule has 1 atom stereocenters. The van der Waals surface area contributed by atoms with Crippen molar-refractivity contribution in [2.45, 2.75) is 5.37 Å². The standard InChI is InChI=1S/C13H12ClNO3S/c14-10-3-1-9(2-4-10)13-15(7-8-19-13)11(16)5-6-12(17)18/h1-6,13H,7-8H2,(H,17,18)/b6-5+. The van der Waals surface area contributed by atoms with Crippen LogP contribution in [0.2, 0.25) is 5.02 Å². The summed E-state index contributed by atoms with van der Waals surface area (Å²) in [4.78, 5) is 24.0. The number of amides is 1. The van der Waals surface area contributed by atoms with Gasteiger partial charge in [-0.3, -0.25) is 4.79 Å². The Morgan fingerprint density at radius 2 is 2.00 bits per heavy atom. The van der Waals surface area contributed by atoms with Crippen molar-refractivity contribution in [3.8, 4) is 0 Å². The molecule has 0 radical (unpaired) electrons. The SMILES string of the molecule is O=C(O)/C=C/C(=O)N1CCSC1c1ccc(Cl)cc1. The highest BCUT2D eigenvalue weighted by Crippen LogP contribution is 2.38. The maximum Gasteiger partial charge on any atom is 0.328 e. The normalized spacial score (nSPS) is 19.0. The quantitative estimate of drug-likeness (QED) is 0.871. The minimum Gasteiger partial charge on any atom is -0.478 e. The topological polar surface area (TPSA) is 57.6 Å². The molecule has 0 aliphatic carbocycles. The molecular weight excluding hydrogens is 286 g/mol. The van der Waals surface area contributed by atoms with Crippen molar-refractivity contribution in [3.63, 3.8) is 0 Å². The number of hydrogen-bond donors (Lipinski definition) is 1. The summed E-state index contributed by atoms with van der Waals surface area (Å²) < 4.78 is 0. The Bertz CT molecular complexity index is 515. The van der Waals surface area contributed by atoms with Gasteiger partial charge in [-0.25, -0.2) is 4.79 Å². The van der Waals surface area contributed by atoms with Crippen LogP contribution in [0.25, 0.3) is 0 Å². The van der Waals surface area contributed by atoms with Gasteiger partial charge in [-0.2, -0.15) is 0 Å². The Morgan fingerprint density at radius 3 is 2.63 bits per heavy atom. The number of halogens is 1. The molecule has 1 fully saturated rings. The molecule has 0 aromatic heterocycles. The van der Waals surface area contributed by atoms with Crippen molar-refractivity contribution in [2.75, 3.05) is 12.3 Å². The van der Waals surface area contributed by atoms with Crippen LogP contribution in [0.1, 0.15) is 10.9 Å². The van der Waals surface area contributed by atoms with E-state index in [2.05, 4.69) is 0 Å². The van der Waals surface area contributed by atoms with Crippen molar-refractivity contribution in [1.82, 2.24) is 4.90 Å². The zero-order valence-electron chi connectivity index (χ0n) is 9.95. The zero-order valence-corrected chi connectivity index (χ0v) is 11.5. The highest BCUT2D eigenvalue weighted by molar-refractivity contribution is 7.99. The second-order valence-electron chi connectivity index (χ2n) is 3.98. The fourth-order valence-corrected chi connectivity index (χ4v) is 3.23. The first-order chi connectivity index (χ1) is 9.08. The second kappa shape index (κ2) is 6.12. The minimum atomic E-state index is -1.12. The summed E-state index contributed by atoms with van der Waals surface area (Å²) in [6, 6.07) is 7.33. The third-order valence-electron chi connectivity index (χ3n) is 2.70. The lowest BCUT2D eigenvalue weighted by atomic mass is 10.2. The number of benzene rings is 1. The lowest BCUT2D eigenvalue weighted by Crippen LogP contribution is -2.28. The van der Waals surface area contributed by atoms with Crippen LogP contribution in [0.4, 0.5) is 0 Å². The lowest BCUT2D eigenvalue weighted by molar-refractivity contribution is -0.132. The first kappa shape index (κ1) is 14.0. The van der Waals surface area contributed by atoms with Crippen molar-refractivity contribution in [1.29, 1.82) is 0 Å². The summed E-state index contributed by atoms with van der Waals surface area (Å²) in [5.74, 6) is -0.574. The lowest BCUT2D eigenvalue weighted by Gasteiger charge is -2.22. The maximum atomic E-state index is 11.9. The van der Waals surface area contributed by atoms with Gasteiger partial charge < -0.3 is 10.0 Å². The monoisotopic (exact) mass is 297 g/mol. The van der Waals surface area contributed by atoms with Gasteiger partial charge in [0.05, 0.1) is 0 Å². The largest absolute Gasteiger partial charge is 0.478 e. The van der Waals surface area contributed by atoms with Crippen LogP contribution in [-0.4, -0.2) is 34.2 Å². The van der Waals surface area contributed by atoms with E-state index in [0.29, 0.717) is 11.6 Å². The van der Waals surface area contributed by atoms with Crippen molar-refractivity contribution in [3.05, 3.63) is 47.0 Å². The zero-order chi connectivity index (χ0) is 13.8. The molecule has 1 aliphatic rings. The van der Waals surface area contributed by atoms with E-state index >= 15 is 0 Å². The Morgan fingerprint density at radius 1 is 1.32 bits per heavy atom. The Balaban J connectivity index is 2.14. The number of carboxylic acid groups (broad SMARTS) is 1. The number of aliphatic carboxylic acids is 1. The average Bonchev–Trinajstić information content (AvgIpc) is 2.86. The van der Waals surface area contributed by atoms with Gasteiger partial charge in [0, 0.05) is 29.5 Å². The number of rotatable bonds is 3. The Labute approximate surface area is 120 Å². The van der Waals surface area contributed by atoms with E-state index < -0.39 is 5.97 Å². The van der Waals surface area contributed by atoms with Crippen molar-refractivity contribution in [2.24, 2.45) is 0 Å². The molecule has 1 aromatic rings. The van der Waals surface area contributed by atoms with Crippen molar-refractivity contribution >= 4 is 35.2 Å². The number of carbonyl (C=O) groups is 2. The van der Waals surface area contributed by atoms with Crippen LogP contribution in [0.15, 0.2) is 36.4 Å². The van der Waals surface area contributed by atoms with Gasteiger partial charge in [-0.05, 0) is 17.7 Å². The molecule has 1 aromatic carbocycles. The number of nitrogens with zero attached hydrogens (tertiary/aromatic N) is 1. The first-order valence-corrected chi connectivity index (χ1v) is 7.09. The van der Waals surface area contributed by atoms with Gasteiger partial charge in [-0.1, -0.05) is 23.7 Å². The molecule has 2 rings (SSSR count). The molecule has 1 unspecified atom stereocenters. The summed E-state index contributed by atoms with van der Waals surface area (Å²) in [6.45, 7) is 0.612. The number of carbonyl (C=O) groups excluding carboxylic acids is 1. The number of thioether (sulfide) groups is 1. The third kappa shape index (κ3) is 3.52. The van der Waals surface area contributed by atoms with E-state index in [1.165, 1.54) is 0 Å². The minimum absolute atomic E-state index is 0.0804. The third-order valence-corrected chi connectivity index (χ3v) is 4.21. The van der Waals surface area contributed by atoms with Crippen molar-refractivity contribution < 1.29 is 14.7 Å². The fraction of sp³-hybridized carbons (Fsp3) is 0.231. The molecule has 4 nitrogen and oxygen atoms in total. The summed E-state index contributed by atoms with van der Waals surface area (Å²) in [5, 5.41) is 9.11. The molecule has 1 heterocycles. The summed E-state index contributed by atoms with van der Waals surface area (Å²) in [6.07, 6.45) is 1.96. The predicted octanol–water partition coefficient (Wildman–Crippen LogP) is 2.55. The van der Waals surface area contributed by atoms with Gasteiger partial charge >= 0.3 is 5.97 Å². The Hall–Kier alpha value is -1.46. The predicted molar refractivity (Wildman–Crippen MR) is 75.1 cm³/mol. The maximum absolute atomic E-state index is 11.9. The highest BCUT2D eigenvalue weighted by atomic mass is 35.5. The van der Waals surface area contributed by atoms with E-state index in [4.69, 9.17) is 16.7 Å². The fourth-order valence-electron chi connectivity index (χ4n) is 1.84. The molecule has 1 N–H and O–H groups in total. The second-order valence-corrected chi connectivity index (χ2v) is 5.60. The van der Waals surface area contributed by atoms with E-state index in [0.717, 1.165) is 23.5 Å². The van der Waals surface area contributed by atoms with Gasteiger partial charge in [-0.15, -0.1) is 11.8 Å². The van der Waals surface area contributed by atoms with Crippen LogP contribution < -0.4 is 0 Å². The van der Waals surface area contributed by atoms with E-state index in [1.54, 1.807) is 28.8 Å². The van der Waals surface area contributed by atoms with Crippen LogP contribution >= 0.6 is 23.4 Å². The van der Waals surface area contributed by atoms with E-state index in [-0.39, 0.29) is 11.3 Å². The van der Waals surface area contributed by atoms with Gasteiger partial charge in [0.2, 0.25) is 5.91 Å². The van der Waals surface area contributed by atoms with Crippen LogP contribution in [0, 0.1) is 0 Å². The number of hydrogen-bond acceptors (Lipinski definition) is 3. The smallest absolute Gasteiger partial charge is 0.328 e. The molecule has 19 heavy (non-hydrogen) atoms. The molecule has 1 aliphatic heterocycles. The van der Waals surface area contributed by atoms with Gasteiger partial charge in [0.1, 0.15) is 5.37 Å². The molecular formula is C13H12ClNO3S. The molecule has 6 heteroatoms. The Kier molecular flexibility index (Phi) is 4.50.